The van der Waals surface area contributed by atoms with Crippen molar-refractivity contribution in [1.29, 1.82) is 0 Å². The number of esters is 1. The number of pyridine rings is 1. The van der Waals surface area contributed by atoms with Crippen LogP contribution in [0.15, 0.2) is 29.1 Å². The highest BCUT2D eigenvalue weighted by Gasteiger charge is 2.23. The number of ether oxygens (including phenoxy) is 1. The minimum atomic E-state index is -0.486. The van der Waals surface area contributed by atoms with E-state index in [1.807, 2.05) is 0 Å². The van der Waals surface area contributed by atoms with Crippen LogP contribution in [0.1, 0.15) is 43.5 Å². The summed E-state index contributed by atoms with van der Waals surface area (Å²) in [4.78, 5) is 32.2. The van der Waals surface area contributed by atoms with Crippen molar-refractivity contribution in [3.8, 4) is 0 Å². The third-order valence-electron chi connectivity index (χ3n) is 3.68. The lowest BCUT2D eigenvalue weighted by Crippen LogP contribution is -2.04. The molecule has 0 N–H and O–H groups in total. The summed E-state index contributed by atoms with van der Waals surface area (Å²) < 4.78 is 6.58. The van der Waals surface area contributed by atoms with E-state index in [1.165, 1.54) is 17.7 Å². The average Bonchev–Trinajstić information content (AvgIpc) is 3.07. The van der Waals surface area contributed by atoms with E-state index >= 15 is 0 Å². The fourth-order valence-corrected chi connectivity index (χ4v) is 2.65. The van der Waals surface area contributed by atoms with Crippen molar-refractivity contribution < 1.29 is 14.3 Å². The number of hydrogen-bond acceptors (Lipinski definition) is 5. The summed E-state index contributed by atoms with van der Waals surface area (Å²) in [6.45, 7) is 3.50. The third-order valence-corrected chi connectivity index (χ3v) is 3.89. The van der Waals surface area contributed by atoms with E-state index in [-0.39, 0.29) is 11.6 Å². The summed E-state index contributed by atoms with van der Waals surface area (Å²) in [6, 6.07) is 1.71. The summed E-state index contributed by atoms with van der Waals surface area (Å²) in [6.07, 6.45) is 7.22. The summed E-state index contributed by atoms with van der Waals surface area (Å²) in [5.41, 5.74) is 1.34. The van der Waals surface area contributed by atoms with Crippen molar-refractivity contribution >= 4 is 46.5 Å². The number of unbranched alkanes of at least 4 members (excludes halogenated alkanes) is 1. The number of carbonyl (C=O) groups excluding carboxylic acids is 2. The Morgan fingerprint density at radius 3 is 2.96 bits per heavy atom. The van der Waals surface area contributed by atoms with Gasteiger partial charge in [-0.2, -0.15) is 0 Å². The standard InChI is InChI=1S/C17H16ClN3O3/c1-3-4-5-15-20-14(17(23)24-15)6-11-9-21(10(2)22)16-13(11)7-12(18)8-19-16/h6-9H,3-5H2,1-2H3/b14-6-. The molecule has 0 bridgehead atoms. The Morgan fingerprint density at radius 2 is 2.25 bits per heavy atom. The maximum absolute atomic E-state index is 12.0. The Balaban J connectivity index is 2.06. The zero-order valence-corrected chi connectivity index (χ0v) is 14.1. The monoisotopic (exact) mass is 345 g/mol. The van der Waals surface area contributed by atoms with E-state index in [9.17, 15) is 9.59 Å². The molecule has 0 radical (unpaired) electrons. The summed E-state index contributed by atoms with van der Waals surface area (Å²) in [5.74, 6) is -0.236. The van der Waals surface area contributed by atoms with Crippen molar-refractivity contribution in [1.82, 2.24) is 9.55 Å². The lowest BCUT2D eigenvalue weighted by atomic mass is 10.2. The van der Waals surface area contributed by atoms with Crippen molar-refractivity contribution in [2.24, 2.45) is 4.99 Å². The highest BCUT2D eigenvalue weighted by atomic mass is 35.5. The van der Waals surface area contributed by atoms with Crippen LogP contribution in [0.3, 0.4) is 0 Å². The second-order valence-corrected chi connectivity index (χ2v) is 5.96. The van der Waals surface area contributed by atoms with Gasteiger partial charge in [-0.05, 0) is 18.6 Å². The van der Waals surface area contributed by atoms with E-state index in [0.717, 1.165) is 12.8 Å². The van der Waals surface area contributed by atoms with Crippen LogP contribution in [0.4, 0.5) is 0 Å². The Morgan fingerprint density at radius 1 is 1.46 bits per heavy atom. The molecular formula is C17H16ClN3O3. The van der Waals surface area contributed by atoms with Crippen molar-refractivity contribution in [3.05, 3.63) is 34.7 Å². The number of fused-ring (bicyclic) bond motifs is 1. The van der Waals surface area contributed by atoms with Crippen LogP contribution in [-0.2, 0) is 9.53 Å². The molecule has 24 heavy (non-hydrogen) atoms. The fourth-order valence-electron chi connectivity index (χ4n) is 2.50. The van der Waals surface area contributed by atoms with E-state index in [4.69, 9.17) is 16.3 Å². The first kappa shape index (κ1) is 16.4. The first-order valence-electron chi connectivity index (χ1n) is 7.68. The predicted molar refractivity (Wildman–Crippen MR) is 92.1 cm³/mol. The molecule has 0 aromatic carbocycles. The molecule has 0 fully saturated rings. The molecule has 0 amide bonds. The number of aromatic nitrogens is 2. The predicted octanol–water partition coefficient (Wildman–Crippen LogP) is 3.84. The molecule has 6 nitrogen and oxygen atoms in total. The van der Waals surface area contributed by atoms with Gasteiger partial charge < -0.3 is 4.74 Å². The Kier molecular flexibility index (Phi) is 4.49. The molecule has 0 saturated heterocycles. The summed E-state index contributed by atoms with van der Waals surface area (Å²) >= 11 is 6.01. The van der Waals surface area contributed by atoms with Gasteiger partial charge in [0.1, 0.15) is 5.65 Å². The first-order chi connectivity index (χ1) is 11.5. The smallest absolute Gasteiger partial charge is 0.363 e. The summed E-state index contributed by atoms with van der Waals surface area (Å²) in [7, 11) is 0. The number of cyclic esters (lactones) is 1. The molecule has 2 aromatic heterocycles. The second kappa shape index (κ2) is 6.57. The molecule has 2 aromatic rings. The van der Waals surface area contributed by atoms with Gasteiger partial charge in [-0.15, -0.1) is 0 Å². The zero-order chi connectivity index (χ0) is 17.3. The van der Waals surface area contributed by atoms with Gasteiger partial charge in [0.2, 0.25) is 5.91 Å². The Hall–Kier alpha value is -2.47. The SMILES string of the molecule is CCCCC1=N/C(=C\c2cn(C(C)=O)c3ncc(Cl)cc23)C(=O)O1. The molecule has 7 heteroatoms. The normalized spacial score (nSPS) is 15.9. The number of aliphatic imine (C=N–C) groups is 1. The van der Waals surface area contributed by atoms with Crippen LogP contribution < -0.4 is 0 Å². The molecule has 1 aliphatic rings. The quantitative estimate of drug-likeness (QED) is 0.623. The van der Waals surface area contributed by atoms with Crippen LogP contribution in [0.2, 0.25) is 5.02 Å². The van der Waals surface area contributed by atoms with Crippen LogP contribution in [-0.4, -0.2) is 27.3 Å². The van der Waals surface area contributed by atoms with Crippen molar-refractivity contribution in [3.63, 3.8) is 0 Å². The van der Waals surface area contributed by atoms with E-state index < -0.39 is 5.97 Å². The molecular weight excluding hydrogens is 330 g/mol. The number of halogens is 1. The lowest BCUT2D eigenvalue weighted by Gasteiger charge is -1.97. The van der Waals surface area contributed by atoms with Crippen molar-refractivity contribution in [2.45, 2.75) is 33.1 Å². The van der Waals surface area contributed by atoms with Gasteiger partial charge in [-0.1, -0.05) is 24.9 Å². The van der Waals surface area contributed by atoms with Gasteiger partial charge in [0.05, 0.1) is 5.02 Å². The van der Waals surface area contributed by atoms with Crippen LogP contribution in [0, 0.1) is 0 Å². The van der Waals surface area contributed by atoms with E-state index in [1.54, 1.807) is 18.3 Å². The van der Waals surface area contributed by atoms with E-state index in [0.29, 0.717) is 33.9 Å². The van der Waals surface area contributed by atoms with Crippen LogP contribution in [0.5, 0.6) is 0 Å². The molecule has 1 aliphatic heterocycles. The van der Waals surface area contributed by atoms with Gasteiger partial charge >= 0.3 is 5.97 Å². The zero-order valence-electron chi connectivity index (χ0n) is 13.4. The molecule has 0 aliphatic carbocycles. The first-order valence-corrected chi connectivity index (χ1v) is 8.06. The number of nitrogens with zero attached hydrogens (tertiary/aromatic N) is 3. The Labute approximate surface area is 143 Å². The minimum Gasteiger partial charge on any atom is -0.407 e. The fraction of sp³-hybridized carbons (Fsp3) is 0.294. The highest BCUT2D eigenvalue weighted by molar-refractivity contribution is 6.31. The topological polar surface area (TPSA) is 73.5 Å². The minimum absolute atomic E-state index is 0.180. The van der Waals surface area contributed by atoms with Gasteiger partial charge in [-0.3, -0.25) is 9.36 Å². The van der Waals surface area contributed by atoms with Crippen molar-refractivity contribution in [2.75, 3.05) is 0 Å². The average molecular weight is 346 g/mol. The maximum atomic E-state index is 12.0. The van der Waals surface area contributed by atoms with Gasteiger partial charge in [-0.25, -0.2) is 14.8 Å². The van der Waals surface area contributed by atoms with Crippen LogP contribution >= 0.6 is 11.6 Å². The Bertz CT molecular complexity index is 896. The largest absolute Gasteiger partial charge is 0.407 e. The maximum Gasteiger partial charge on any atom is 0.363 e. The molecule has 124 valence electrons. The molecule has 3 rings (SSSR count). The lowest BCUT2D eigenvalue weighted by molar-refractivity contribution is -0.130. The highest BCUT2D eigenvalue weighted by Crippen LogP contribution is 2.26. The van der Waals surface area contributed by atoms with Crippen LogP contribution in [0.25, 0.3) is 17.1 Å². The number of hydrogen-bond donors (Lipinski definition) is 0. The summed E-state index contributed by atoms with van der Waals surface area (Å²) in [5, 5.41) is 1.12. The molecule has 0 unspecified atom stereocenters. The second-order valence-electron chi connectivity index (χ2n) is 5.53. The molecule has 0 saturated carbocycles. The van der Waals surface area contributed by atoms with Gasteiger partial charge in [0.25, 0.3) is 0 Å². The molecule has 0 spiro atoms. The number of rotatable bonds is 4. The number of carbonyl (C=O) groups is 2. The van der Waals surface area contributed by atoms with E-state index in [2.05, 4.69) is 16.9 Å². The van der Waals surface area contributed by atoms with Gasteiger partial charge in [0.15, 0.2) is 11.6 Å². The molecule has 3 heterocycles. The van der Waals surface area contributed by atoms with Gasteiger partial charge in [0, 0.05) is 36.7 Å². The molecule has 0 atom stereocenters. The third kappa shape index (κ3) is 3.10.